The molecule has 110 valence electrons. The summed E-state index contributed by atoms with van der Waals surface area (Å²) in [4.78, 5) is 24.5. The highest BCUT2D eigenvalue weighted by Crippen LogP contribution is 2.21. The first-order valence-corrected chi connectivity index (χ1v) is 6.83. The highest BCUT2D eigenvalue weighted by Gasteiger charge is 2.27. The Morgan fingerprint density at radius 3 is 2.63 bits per heavy atom. The van der Waals surface area contributed by atoms with E-state index in [-0.39, 0.29) is 12.6 Å². The number of amides is 2. The van der Waals surface area contributed by atoms with Gasteiger partial charge in [0, 0.05) is 19.6 Å². The summed E-state index contributed by atoms with van der Waals surface area (Å²) in [5.41, 5.74) is -0.706. The molecule has 1 aliphatic rings. The van der Waals surface area contributed by atoms with Crippen LogP contribution in [0.1, 0.15) is 39.5 Å². The molecular formula is C13H24N2O4. The number of carbonyl (C=O) groups is 2. The monoisotopic (exact) mass is 272 g/mol. The first kappa shape index (κ1) is 15.8. The average molecular weight is 272 g/mol. The van der Waals surface area contributed by atoms with Crippen LogP contribution in [0, 0.1) is 5.92 Å². The van der Waals surface area contributed by atoms with E-state index >= 15 is 0 Å². The Morgan fingerprint density at radius 1 is 1.37 bits per heavy atom. The number of hydrogen-bond donors (Lipinski definition) is 3. The van der Waals surface area contributed by atoms with Gasteiger partial charge in [0.2, 0.25) is 0 Å². The van der Waals surface area contributed by atoms with Gasteiger partial charge in [-0.25, -0.2) is 4.79 Å². The van der Waals surface area contributed by atoms with Crippen LogP contribution in [0.3, 0.4) is 0 Å². The van der Waals surface area contributed by atoms with Gasteiger partial charge in [-0.2, -0.15) is 0 Å². The predicted molar refractivity (Wildman–Crippen MR) is 70.9 cm³/mol. The zero-order valence-electron chi connectivity index (χ0n) is 11.7. The van der Waals surface area contributed by atoms with Crippen molar-refractivity contribution in [3.63, 3.8) is 0 Å². The van der Waals surface area contributed by atoms with Gasteiger partial charge in [0.25, 0.3) is 0 Å². The van der Waals surface area contributed by atoms with Gasteiger partial charge >= 0.3 is 12.0 Å². The summed E-state index contributed by atoms with van der Waals surface area (Å²) in [5.74, 6) is -1.43. The molecule has 0 saturated carbocycles. The van der Waals surface area contributed by atoms with Crippen molar-refractivity contribution in [2.45, 2.75) is 45.1 Å². The van der Waals surface area contributed by atoms with Crippen LogP contribution in [0.25, 0.3) is 0 Å². The van der Waals surface area contributed by atoms with Gasteiger partial charge in [0.15, 0.2) is 0 Å². The van der Waals surface area contributed by atoms with Gasteiger partial charge < -0.3 is 20.4 Å². The van der Waals surface area contributed by atoms with Crippen LogP contribution < -0.4 is 5.32 Å². The Hall–Kier alpha value is -1.30. The lowest BCUT2D eigenvalue weighted by atomic mass is 9.98. The SMILES string of the molecule is CCC(CNC(=O)N1CCCC(C)(O)CC1)C(=O)O. The molecule has 19 heavy (non-hydrogen) atoms. The Balaban J connectivity index is 2.43. The fraction of sp³-hybridized carbons (Fsp3) is 0.846. The second kappa shape index (κ2) is 6.75. The molecule has 1 saturated heterocycles. The molecule has 3 N–H and O–H groups in total. The molecular weight excluding hydrogens is 248 g/mol. The second-order valence-electron chi connectivity index (χ2n) is 5.47. The van der Waals surface area contributed by atoms with E-state index in [1.807, 2.05) is 0 Å². The van der Waals surface area contributed by atoms with Crippen molar-refractivity contribution >= 4 is 12.0 Å². The summed E-state index contributed by atoms with van der Waals surface area (Å²) < 4.78 is 0. The van der Waals surface area contributed by atoms with Crippen molar-refractivity contribution in [3.05, 3.63) is 0 Å². The maximum absolute atomic E-state index is 11.9. The largest absolute Gasteiger partial charge is 0.481 e. The zero-order valence-corrected chi connectivity index (χ0v) is 11.7. The van der Waals surface area contributed by atoms with Crippen LogP contribution >= 0.6 is 0 Å². The van der Waals surface area contributed by atoms with Crippen LogP contribution in [-0.4, -0.2) is 52.3 Å². The minimum Gasteiger partial charge on any atom is -0.481 e. The number of aliphatic hydroxyl groups is 1. The maximum atomic E-state index is 11.9. The number of hydrogen-bond acceptors (Lipinski definition) is 3. The minimum absolute atomic E-state index is 0.150. The van der Waals surface area contributed by atoms with Crippen molar-refractivity contribution in [1.29, 1.82) is 0 Å². The molecule has 1 fully saturated rings. The summed E-state index contributed by atoms with van der Waals surface area (Å²) in [6.45, 7) is 4.83. The molecule has 0 bridgehead atoms. The third kappa shape index (κ3) is 5.06. The second-order valence-corrected chi connectivity index (χ2v) is 5.47. The number of carboxylic acid groups (broad SMARTS) is 1. The molecule has 0 spiro atoms. The molecule has 1 heterocycles. The standard InChI is InChI=1S/C13H24N2O4/c1-3-10(11(16)17)9-14-12(18)15-7-4-5-13(2,19)6-8-15/h10,19H,3-9H2,1-2H3,(H,14,18)(H,16,17). The van der Waals surface area contributed by atoms with Crippen LogP contribution in [0.2, 0.25) is 0 Å². The molecule has 0 aromatic heterocycles. The molecule has 2 atom stereocenters. The summed E-state index contributed by atoms with van der Waals surface area (Å²) in [5, 5.41) is 21.5. The van der Waals surface area contributed by atoms with Gasteiger partial charge in [-0.15, -0.1) is 0 Å². The van der Waals surface area contributed by atoms with Gasteiger partial charge in [0.05, 0.1) is 11.5 Å². The van der Waals surface area contributed by atoms with E-state index < -0.39 is 17.5 Å². The Labute approximate surface area is 113 Å². The number of nitrogens with one attached hydrogen (secondary N) is 1. The quantitative estimate of drug-likeness (QED) is 0.713. The lowest BCUT2D eigenvalue weighted by Crippen LogP contribution is -2.43. The van der Waals surface area contributed by atoms with Crippen LogP contribution in [0.5, 0.6) is 0 Å². The zero-order chi connectivity index (χ0) is 14.5. The van der Waals surface area contributed by atoms with E-state index in [1.165, 1.54) is 0 Å². The highest BCUT2D eigenvalue weighted by atomic mass is 16.4. The van der Waals surface area contributed by atoms with Crippen molar-refractivity contribution in [3.8, 4) is 0 Å². The predicted octanol–water partition coefficient (Wildman–Crippen LogP) is 1.04. The van der Waals surface area contributed by atoms with Crippen LogP contribution in [0.4, 0.5) is 4.79 Å². The Bertz CT molecular complexity index is 331. The Kier molecular flexibility index (Phi) is 5.60. The number of aliphatic carboxylic acids is 1. The van der Waals surface area contributed by atoms with Crippen molar-refractivity contribution < 1.29 is 19.8 Å². The van der Waals surface area contributed by atoms with E-state index in [9.17, 15) is 14.7 Å². The number of carboxylic acids is 1. The first-order valence-electron chi connectivity index (χ1n) is 6.83. The topological polar surface area (TPSA) is 89.9 Å². The van der Waals surface area contributed by atoms with Gasteiger partial charge in [0.1, 0.15) is 0 Å². The maximum Gasteiger partial charge on any atom is 0.317 e. The summed E-state index contributed by atoms with van der Waals surface area (Å²) in [6, 6.07) is -0.239. The van der Waals surface area contributed by atoms with Crippen LogP contribution in [0.15, 0.2) is 0 Å². The first-order chi connectivity index (χ1) is 8.85. The Morgan fingerprint density at radius 2 is 2.05 bits per heavy atom. The number of rotatable bonds is 4. The van der Waals surface area contributed by atoms with E-state index in [0.717, 1.165) is 6.42 Å². The number of likely N-dealkylation sites (tertiary alicyclic amines) is 1. The van der Waals surface area contributed by atoms with Crippen LogP contribution in [-0.2, 0) is 4.79 Å². The fourth-order valence-corrected chi connectivity index (χ4v) is 2.20. The number of nitrogens with zero attached hydrogens (tertiary/aromatic N) is 1. The normalized spacial score (nSPS) is 25.5. The van der Waals surface area contributed by atoms with Crippen molar-refractivity contribution in [1.82, 2.24) is 10.2 Å². The molecule has 2 unspecified atom stereocenters. The molecule has 6 nitrogen and oxygen atoms in total. The van der Waals surface area contributed by atoms with Gasteiger partial charge in [-0.05, 0) is 32.6 Å². The average Bonchev–Trinajstić information content (AvgIpc) is 2.50. The summed E-state index contributed by atoms with van der Waals surface area (Å²) >= 11 is 0. The summed E-state index contributed by atoms with van der Waals surface area (Å²) in [6.07, 6.45) is 2.49. The van der Waals surface area contributed by atoms with E-state index in [2.05, 4.69) is 5.32 Å². The van der Waals surface area contributed by atoms with Crippen molar-refractivity contribution in [2.75, 3.05) is 19.6 Å². The highest BCUT2D eigenvalue weighted by molar-refractivity contribution is 5.76. The minimum atomic E-state index is -0.887. The smallest absolute Gasteiger partial charge is 0.317 e. The number of carbonyl (C=O) groups excluding carboxylic acids is 1. The third-order valence-corrected chi connectivity index (χ3v) is 3.69. The molecule has 0 aromatic rings. The van der Waals surface area contributed by atoms with Gasteiger partial charge in [-0.3, -0.25) is 4.79 Å². The lowest BCUT2D eigenvalue weighted by Gasteiger charge is -2.23. The third-order valence-electron chi connectivity index (χ3n) is 3.69. The number of urea groups is 1. The van der Waals surface area contributed by atoms with E-state index in [0.29, 0.717) is 32.4 Å². The molecule has 0 radical (unpaired) electrons. The van der Waals surface area contributed by atoms with E-state index in [1.54, 1.807) is 18.7 Å². The lowest BCUT2D eigenvalue weighted by molar-refractivity contribution is -0.141. The molecule has 2 amide bonds. The van der Waals surface area contributed by atoms with Gasteiger partial charge in [-0.1, -0.05) is 6.92 Å². The van der Waals surface area contributed by atoms with E-state index in [4.69, 9.17) is 5.11 Å². The fourth-order valence-electron chi connectivity index (χ4n) is 2.20. The molecule has 1 rings (SSSR count). The van der Waals surface area contributed by atoms with Crippen molar-refractivity contribution in [2.24, 2.45) is 5.92 Å². The molecule has 0 aromatic carbocycles. The molecule has 6 heteroatoms. The summed E-state index contributed by atoms with van der Waals surface area (Å²) in [7, 11) is 0. The molecule has 1 aliphatic heterocycles. The molecule has 0 aliphatic carbocycles.